The van der Waals surface area contributed by atoms with Gasteiger partial charge in [-0.05, 0) is 167 Å². The maximum atomic E-state index is 14.9. The van der Waals surface area contributed by atoms with Gasteiger partial charge in [0.15, 0.2) is 0 Å². The van der Waals surface area contributed by atoms with Gasteiger partial charge >= 0.3 is 0 Å². The van der Waals surface area contributed by atoms with Gasteiger partial charge < -0.3 is 33.1 Å². The van der Waals surface area contributed by atoms with Gasteiger partial charge in [-0.3, -0.25) is 9.59 Å². The molecule has 0 saturated heterocycles. The molecule has 2 aromatic heterocycles. The van der Waals surface area contributed by atoms with Crippen LogP contribution in [-0.2, 0) is 56.7 Å². The number of rotatable bonds is 19. The normalized spacial score (nSPS) is 17.3. The predicted octanol–water partition coefficient (Wildman–Crippen LogP) is 11.9. The van der Waals surface area contributed by atoms with Crippen molar-refractivity contribution in [3.8, 4) is 39.8 Å². The number of benzene rings is 4. The zero-order chi connectivity index (χ0) is 48.8. The molecule has 11 rings (SSSR count). The van der Waals surface area contributed by atoms with Gasteiger partial charge in [-0.1, -0.05) is 29.3 Å². The summed E-state index contributed by atoms with van der Waals surface area (Å²) in [7, 11) is 3.53. The van der Waals surface area contributed by atoms with Crippen molar-refractivity contribution in [3.05, 3.63) is 134 Å². The molecule has 0 N–H and O–H groups in total. The number of nitrogens with zero attached hydrogens (tertiary/aromatic N) is 6. The molecule has 5 aliphatic rings. The van der Waals surface area contributed by atoms with E-state index < -0.39 is 0 Å². The van der Waals surface area contributed by atoms with Crippen LogP contribution in [0.15, 0.2) is 79.1 Å². The van der Waals surface area contributed by atoms with Gasteiger partial charge in [0.05, 0.1) is 47.2 Å². The monoisotopic (exact) mass is 994 g/mol. The fourth-order valence-corrected chi connectivity index (χ4v) is 10.9. The number of amides is 2. The maximum Gasteiger partial charge on any atom is 0.254 e. The number of imidazole rings is 2. The molecule has 4 aromatic carbocycles. The SMILES string of the molecule is COc1cc(C(=O)N(Cc2cc(-c3cn4c(n3)CCC4)ccc2OC2CCC2)CC2CC2)cc(CCC2Cc3nc(-c4ccc(OC5CCC5)c(CN(C)C(=O)Cc5ccc(Cl)c(Cl)c5)c4)cn3C2)c1C. The maximum absolute atomic E-state index is 14.9. The Hall–Kier alpha value is -5.78. The van der Waals surface area contributed by atoms with E-state index in [0.717, 1.165) is 163 Å². The third-order valence-corrected chi connectivity index (χ3v) is 16.3. The third-order valence-electron chi connectivity index (χ3n) is 15.6. The average Bonchev–Trinajstić information content (AvgIpc) is 3.58. The lowest BCUT2D eigenvalue weighted by Crippen LogP contribution is -2.33. The lowest BCUT2D eigenvalue weighted by molar-refractivity contribution is -0.129. The smallest absolute Gasteiger partial charge is 0.254 e. The minimum Gasteiger partial charge on any atom is -0.496 e. The molecule has 4 heterocycles. The lowest BCUT2D eigenvalue weighted by Gasteiger charge is -2.29. The second kappa shape index (κ2) is 20.4. The molecule has 0 spiro atoms. The van der Waals surface area contributed by atoms with Crippen molar-refractivity contribution in [2.45, 2.75) is 135 Å². The Bertz CT molecular complexity index is 2920. The van der Waals surface area contributed by atoms with Crippen LogP contribution < -0.4 is 14.2 Å². The number of methoxy groups -OCH3 is 1. The van der Waals surface area contributed by atoms with Gasteiger partial charge in [-0.15, -0.1) is 0 Å². The molecule has 1 atom stereocenters. The fourth-order valence-electron chi connectivity index (χ4n) is 10.6. The molecule has 370 valence electrons. The van der Waals surface area contributed by atoms with Crippen LogP contribution in [0.25, 0.3) is 22.5 Å². The topological polar surface area (TPSA) is 104 Å². The van der Waals surface area contributed by atoms with Crippen LogP contribution in [0, 0.1) is 18.8 Å². The number of aryl methyl sites for hydroxylation is 3. The number of hydrogen-bond acceptors (Lipinski definition) is 7. The summed E-state index contributed by atoms with van der Waals surface area (Å²) in [4.78, 5) is 42.3. The standard InChI is InChI=1S/C58H64Cl2N6O5/c1-36-40(26-43(29-54(36)69-3)58(68)66(30-37-12-13-37)33-45-28-42(18-21-53(45)71-47-9-5-10-47)50-34-64-22-6-11-55(64)61-50)16-14-39-24-56-62-51(35-65(56)31-39)41-17-20-52(70-46-7-4-8-46)44(27-41)32-63(2)57(67)25-38-15-19-48(59)49(60)23-38/h15,17-21,23,26-29,34-35,37,39,46-47H,4-14,16,22,24-25,30-33H2,1-3H3. The molecule has 2 aliphatic heterocycles. The van der Waals surface area contributed by atoms with E-state index in [9.17, 15) is 9.59 Å². The highest BCUT2D eigenvalue weighted by Gasteiger charge is 2.31. The van der Waals surface area contributed by atoms with Crippen molar-refractivity contribution in [1.29, 1.82) is 0 Å². The predicted molar refractivity (Wildman–Crippen MR) is 278 cm³/mol. The summed E-state index contributed by atoms with van der Waals surface area (Å²) in [5, 5.41) is 0.907. The number of carbonyl (C=O) groups excluding carboxylic acids is 2. The van der Waals surface area contributed by atoms with Crippen molar-refractivity contribution in [3.63, 3.8) is 0 Å². The number of likely N-dealkylation sites (N-methyl/N-ethyl adjacent to an activating group) is 1. The number of fused-ring (bicyclic) bond motifs is 2. The minimum absolute atomic E-state index is 0.0212. The molecule has 0 radical (unpaired) electrons. The Kier molecular flexibility index (Phi) is 13.6. The Morgan fingerprint density at radius 1 is 0.718 bits per heavy atom. The van der Waals surface area contributed by atoms with Crippen molar-refractivity contribution in [1.82, 2.24) is 28.9 Å². The van der Waals surface area contributed by atoms with E-state index in [2.05, 4.69) is 64.8 Å². The van der Waals surface area contributed by atoms with E-state index in [1.54, 1.807) is 24.1 Å². The molecule has 1 unspecified atom stereocenters. The second-order valence-corrected chi connectivity index (χ2v) is 21.7. The van der Waals surface area contributed by atoms with Gasteiger partial charge in [0.2, 0.25) is 5.91 Å². The van der Waals surface area contributed by atoms with Crippen molar-refractivity contribution in [2.24, 2.45) is 11.8 Å². The van der Waals surface area contributed by atoms with Crippen molar-refractivity contribution >= 4 is 35.0 Å². The zero-order valence-corrected chi connectivity index (χ0v) is 42.7. The summed E-state index contributed by atoms with van der Waals surface area (Å²) in [5.74, 6) is 5.57. The summed E-state index contributed by atoms with van der Waals surface area (Å²) in [6.45, 7) is 5.58. The highest BCUT2D eigenvalue weighted by atomic mass is 35.5. The Morgan fingerprint density at radius 3 is 2.01 bits per heavy atom. The Labute approximate surface area is 427 Å². The lowest BCUT2D eigenvalue weighted by atomic mass is 9.93. The van der Waals surface area contributed by atoms with Crippen LogP contribution in [0.5, 0.6) is 17.2 Å². The molecular formula is C58H64Cl2N6O5. The van der Waals surface area contributed by atoms with E-state index in [1.165, 1.54) is 12.8 Å². The van der Waals surface area contributed by atoms with Gasteiger partial charge in [0, 0.05) is 92.8 Å². The second-order valence-electron chi connectivity index (χ2n) is 20.9. The van der Waals surface area contributed by atoms with Gasteiger partial charge in [-0.25, -0.2) is 9.97 Å². The van der Waals surface area contributed by atoms with Crippen molar-refractivity contribution in [2.75, 3.05) is 20.7 Å². The van der Waals surface area contributed by atoms with Gasteiger partial charge in [0.1, 0.15) is 28.9 Å². The Morgan fingerprint density at radius 2 is 1.39 bits per heavy atom. The third kappa shape index (κ3) is 10.6. The number of carbonyl (C=O) groups is 2. The molecule has 3 saturated carbocycles. The molecule has 3 aliphatic carbocycles. The Balaban J connectivity index is 0.774. The fraction of sp³-hybridized carbons (Fsp3) is 0.448. The molecular weight excluding hydrogens is 932 g/mol. The molecule has 71 heavy (non-hydrogen) atoms. The van der Waals surface area contributed by atoms with Crippen LogP contribution in [0.3, 0.4) is 0 Å². The highest BCUT2D eigenvalue weighted by molar-refractivity contribution is 6.42. The molecule has 0 bridgehead atoms. The molecule has 13 heteroatoms. The first-order valence-corrected chi connectivity index (χ1v) is 26.6. The minimum atomic E-state index is -0.0212. The number of halogens is 2. The van der Waals surface area contributed by atoms with E-state index in [4.69, 9.17) is 47.4 Å². The van der Waals surface area contributed by atoms with Crippen LogP contribution in [0.1, 0.15) is 114 Å². The number of ether oxygens (including phenoxy) is 3. The first kappa shape index (κ1) is 47.5. The quantitative estimate of drug-likeness (QED) is 0.0796. The molecule has 6 aromatic rings. The number of aromatic nitrogens is 4. The van der Waals surface area contributed by atoms with Gasteiger partial charge in [0.25, 0.3) is 5.91 Å². The van der Waals surface area contributed by atoms with Crippen LogP contribution in [0.4, 0.5) is 0 Å². The molecule has 2 amide bonds. The van der Waals surface area contributed by atoms with Crippen LogP contribution >= 0.6 is 23.2 Å². The molecule has 3 fully saturated rings. The molecule has 11 nitrogen and oxygen atoms in total. The first-order valence-electron chi connectivity index (χ1n) is 25.9. The van der Waals surface area contributed by atoms with Crippen LogP contribution in [0.2, 0.25) is 10.0 Å². The first-order chi connectivity index (χ1) is 34.5. The summed E-state index contributed by atoms with van der Waals surface area (Å²) in [6, 6.07) is 22.1. The average molecular weight is 996 g/mol. The van der Waals surface area contributed by atoms with Gasteiger partial charge in [-0.2, -0.15) is 0 Å². The van der Waals surface area contributed by atoms with E-state index in [1.807, 2.05) is 30.1 Å². The van der Waals surface area contributed by atoms with Crippen LogP contribution in [-0.4, -0.2) is 73.6 Å². The largest absolute Gasteiger partial charge is 0.496 e. The zero-order valence-electron chi connectivity index (χ0n) is 41.2. The van der Waals surface area contributed by atoms with Crippen molar-refractivity contribution < 1.29 is 23.8 Å². The highest BCUT2D eigenvalue weighted by Crippen LogP contribution is 2.38. The van der Waals surface area contributed by atoms with E-state index in [0.29, 0.717) is 47.1 Å². The number of hydrogen-bond donors (Lipinski definition) is 0. The summed E-state index contributed by atoms with van der Waals surface area (Å²) in [6.07, 6.45) is 18.7. The summed E-state index contributed by atoms with van der Waals surface area (Å²) >= 11 is 12.4. The summed E-state index contributed by atoms with van der Waals surface area (Å²) < 4.78 is 23.6. The summed E-state index contributed by atoms with van der Waals surface area (Å²) in [5.41, 5.74) is 9.66. The van der Waals surface area contributed by atoms with E-state index >= 15 is 0 Å². The van der Waals surface area contributed by atoms with E-state index in [-0.39, 0.29) is 30.4 Å².